The van der Waals surface area contributed by atoms with Gasteiger partial charge in [-0.2, -0.15) is 4.31 Å². The van der Waals surface area contributed by atoms with E-state index in [2.05, 4.69) is 5.32 Å². The minimum Gasteiger partial charge on any atom is -0.492 e. The van der Waals surface area contributed by atoms with Gasteiger partial charge in [0.25, 0.3) is 0 Å². The number of carbonyl (C=O) groups is 1. The Kier molecular flexibility index (Phi) is 7.97. The zero-order valence-electron chi connectivity index (χ0n) is 15.2. The topological polar surface area (TPSA) is 75.7 Å². The molecule has 0 aromatic heterocycles. The van der Waals surface area contributed by atoms with Crippen molar-refractivity contribution in [2.24, 2.45) is 0 Å². The van der Waals surface area contributed by atoms with E-state index in [1.165, 1.54) is 30.3 Å². The van der Waals surface area contributed by atoms with Crippen molar-refractivity contribution in [2.75, 3.05) is 25.0 Å². The summed E-state index contributed by atoms with van der Waals surface area (Å²) in [4.78, 5) is 12.3. The average molecular weight is 466 g/mol. The van der Waals surface area contributed by atoms with Gasteiger partial charge in [0.15, 0.2) is 0 Å². The Morgan fingerprint density at radius 1 is 1.07 bits per heavy atom. The van der Waals surface area contributed by atoms with Gasteiger partial charge in [-0.3, -0.25) is 4.79 Å². The van der Waals surface area contributed by atoms with Gasteiger partial charge in [-0.1, -0.05) is 41.7 Å². The predicted octanol–water partition coefficient (Wildman–Crippen LogP) is 4.69. The summed E-state index contributed by atoms with van der Waals surface area (Å²) in [6.07, 6.45) is 0. The highest BCUT2D eigenvalue weighted by atomic mass is 35.5. The molecule has 2 aromatic rings. The van der Waals surface area contributed by atoms with E-state index in [9.17, 15) is 13.2 Å². The summed E-state index contributed by atoms with van der Waals surface area (Å²) in [6.45, 7) is 3.52. The molecule has 1 N–H and O–H groups in total. The Morgan fingerprint density at radius 2 is 1.79 bits per heavy atom. The molecule has 0 saturated heterocycles. The molecule has 1 amide bonds. The van der Waals surface area contributed by atoms with E-state index in [0.717, 1.165) is 4.31 Å². The Hall–Kier alpha value is -1.51. The van der Waals surface area contributed by atoms with Crippen molar-refractivity contribution in [1.82, 2.24) is 4.31 Å². The molecule has 6 nitrogen and oxygen atoms in total. The van der Waals surface area contributed by atoms with Gasteiger partial charge in [0.2, 0.25) is 15.9 Å². The summed E-state index contributed by atoms with van der Waals surface area (Å²) in [5.74, 6) is -0.161. The smallest absolute Gasteiger partial charge is 0.243 e. The van der Waals surface area contributed by atoms with Crippen LogP contribution in [0.15, 0.2) is 41.3 Å². The monoisotopic (exact) mass is 464 g/mol. The van der Waals surface area contributed by atoms with Crippen LogP contribution in [0.5, 0.6) is 5.75 Å². The van der Waals surface area contributed by atoms with Gasteiger partial charge >= 0.3 is 0 Å². The fourth-order valence-corrected chi connectivity index (χ4v) is 4.44. The third-order valence-corrected chi connectivity index (χ3v) is 6.49. The van der Waals surface area contributed by atoms with Crippen LogP contribution in [0.2, 0.25) is 15.1 Å². The van der Waals surface area contributed by atoms with E-state index in [1.807, 2.05) is 0 Å². The number of nitrogens with one attached hydrogen (secondary N) is 1. The molecule has 0 saturated carbocycles. The lowest BCUT2D eigenvalue weighted by molar-refractivity contribution is -0.116. The second-order valence-electron chi connectivity index (χ2n) is 5.63. The summed E-state index contributed by atoms with van der Waals surface area (Å²) in [6, 6.07) is 8.78. The summed E-state index contributed by atoms with van der Waals surface area (Å²) in [7, 11) is -3.94. The summed E-state index contributed by atoms with van der Waals surface area (Å²) in [5, 5.41) is 3.43. The van der Waals surface area contributed by atoms with Crippen molar-refractivity contribution < 1.29 is 17.9 Å². The maximum atomic E-state index is 12.9. The number of halogens is 3. The van der Waals surface area contributed by atoms with Crippen LogP contribution in [-0.4, -0.2) is 38.3 Å². The van der Waals surface area contributed by atoms with Gasteiger partial charge in [0.05, 0.1) is 33.8 Å². The molecular weight excluding hydrogens is 447 g/mol. The minimum atomic E-state index is -3.94. The first kappa shape index (κ1) is 22.8. The lowest BCUT2D eigenvalue weighted by Crippen LogP contribution is -2.37. The molecule has 0 aliphatic carbocycles. The zero-order chi connectivity index (χ0) is 20.9. The van der Waals surface area contributed by atoms with E-state index >= 15 is 0 Å². The second-order valence-corrected chi connectivity index (χ2v) is 8.82. The van der Waals surface area contributed by atoms with E-state index in [-0.39, 0.29) is 16.5 Å². The molecule has 152 valence electrons. The molecule has 0 atom stereocenters. The van der Waals surface area contributed by atoms with Gasteiger partial charge in [-0.05, 0) is 43.3 Å². The Morgan fingerprint density at radius 3 is 2.39 bits per heavy atom. The molecule has 28 heavy (non-hydrogen) atoms. The summed E-state index contributed by atoms with van der Waals surface area (Å²) >= 11 is 18.0. The molecule has 0 aliphatic heterocycles. The van der Waals surface area contributed by atoms with Crippen LogP contribution < -0.4 is 10.1 Å². The highest BCUT2D eigenvalue weighted by Crippen LogP contribution is 2.29. The lowest BCUT2D eigenvalue weighted by Gasteiger charge is -2.20. The van der Waals surface area contributed by atoms with Crippen LogP contribution in [0.3, 0.4) is 0 Å². The normalized spacial score (nSPS) is 11.5. The molecule has 0 bridgehead atoms. The van der Waals surface area contributed by atoms with Crippen molar-refractivity contribution in [3.05, 3.63) is 51.5 Å². The average Bonchev–Trinajstić information content (AvgIpc) is 2.64. The fraction of sp³-hybridized carbons (Fsp3) is 0.278. The number of hydrogen-bond donors (Lipinski definition) is 1. The van der Waals surface area contributed by atoms with Gasteiger partial charge < -0.3 is 10.1 Å². The number of benzene rings is 2. The SMILES string of the molecule is CCOc1ccc(S(=O)(=O)N(CC)CC(=O)Nc2cc(Cl)ccc2Cl)cc1Cl. The zero-order valence-corrected chi connectivity index (χ0v) is 18.3. The molecule has 0 radical (unpaired) electrons. The van der Waals surface area contributed by atoms with Crippen molar-refractivity contribution in [1.29, 1.82) is 0 Å². The molecule has 0 unspecified atom stereocenters. The van der Waals surface area contributed by atoms with E-state index in [4.69, 9.17) is 39.5 Å². The van der Waals surface area contributed by atoms with Crippen molar-refractivity contribution in [3.63, 3.8) is 0 Å². The van der Waals surface area contributed by atoms with Gasteiger partial charge in [-0.25, -0.2) is 8.42 Å². The maximum absolute atomic E-state index is 12.9. The quantitative estimate of drug-likeness (QED) is 0.613. The molecule has 2 rings (SSSR count). The Bertz CT molecular complexity index is 967. The number of hydrogen-bond acceptors (Lipinski definition) is 4. The van der Waals surface area contributed by atoms with E-state index < -0.39 is 22.5 Å². The predicted molar refractivity (Wildman–Crippen MR) is 112 cm³/mol. The molecule has 0 heterocycles. The first-order valence-electron chi connectivity index (χ1n) is 8.36. The van der Waals surface area contributed by atoms with Crippen molar-refractivity contribution >= 4 is 56.4 Å². The minimum absolute atomic E-state index is 0.0311. The molecule has 2 aromatic carbocycles. The number of carbonyl (C=O) groups excluding carboxylic acids is 1. The van der Waals surface area contributed by atoms with Gasteiger partial charge in [-0.15, -0.1) is 0 Å². The number of anilines is 1. The first-order chi connectivity index (χ1) is 13.2. The fourth-order valence-electron chi connectivity index (χ4n) is 2.37. The molecular formula is C18H19Cl3N2O4S. The largest absolute Gasteiger partial charge is 0.492 e. The third-order valence-electron chi connectivity index (χ3n) is 3.72. The number of ether oxygens (including phenoxy) is 1. The molecule has 0 fully saturated rings. The Balaban J connectivity index is 2.20. The van der Waals surface area contributed by atoms with E-state index in [0.29, 0.717) is 28.1 Å². The number of likely N-dealkylation sites (N-methyl/N-ethyl adjacent to an activating group) is 1. The molecule has 0 spiro atoms. The maximum Gasteiger partial charge on any atom is 0.243 e. The highest BCUT2D eigenvalue weighted by molar-refractivity contribution is 7.89. The number of sulfonamides is 1. The highest BCUT2D eigenvalue weighted by Gasteiger charge is 2.26. The summed E-state index contributed by atoms with van der Waals surface area (Å²) in [5.41, 5.74) is 0.303. The van der Waals surface area contributed by atoms with Crippen LogP contribution in [0.25, 0.3) is 0 Å². The first-order valence-corrected chi connectivity index (χ1v) is 10.9. The molecule has 10 heteroatoms. The van der Waals surface area contributed by atoms with Gasteiger partial charge in [0.1, 0.15) is 5.75 Å². The van der Waals surface area contributed by atoms with Crippen molar-refractivity contribution in [2.45, 2.75) is 18.7 Å². The Labute approximate surface area is 179 Å². The van der Waals surface area contributed by atoms with E-state index in [1.54, 1.807) is 19.9 Å². The summed E-state index contributed by atoms with van der Waals surface area (Å²) < 4.78 is 32.1. The van der Waals surface area contributed by atoms with Crippen LogP contribution >= 0.6 is 34.8 Å². The number of rotatable bonds is 8. The van der Waals surface area contributed by atoms with Crippen LogP contribution in [0.1, 0.15) is 13.8 Å². The number of amides is 1. The standard InChI is InChI=1S/C18H19Cl3N2O4S/c1-3-23(11-18(24)22-16-9-12(19)5-7-14(16)20)28(25,26)13-6-8-17(27-4-2)15(21)10-13/h5-10H,3-4,11H2,1-2H3,(H,22,24). The number of nitrogens with zero attached hydrogens (tertiary/aromatic N) is 1. The van der Waals surface area contributed by atoms with Crippen molar-refractivity contribution in [3.8, 4) is 5.75 Å². The van der Waals surface area contributed by atoms with Crippen LogP contribution in [-0.2, 0) is 14.8 Å². The lowest BCUT2D eigenvalue weighted by atomic mass is 10.3. The third kappa shape index (κ3) is 5.52. The van der Waals surface area contributed by atoms with Crippen LogP contribution in [0.4, 0.5) is 5.69 Å². The van der Waals surface area contributed by atoms with Crippen LogP contribution in [0, 0.1) is 0 Å². The molecule has 0 aliphatic rings. The van der Waals surface area contributed by atoms with Gasteiger partial charge in [0, 0.05) is 11.6 Å². The second kappa shape index (κ2) is 9.80.